The lowest BCUT2D eigenvalue weighted by Crippen LogP contribution is -2.47. The van der Waals surface area contributed by atoms with Gasteiger partial charge < -0.3 is 24.6 Å². The zero-order valence-electron chi connectivity index (χ0n) is 18.1. The molecule has 2 amide bonds. The smallest absolute Gasteiger partial charge is 0.231 e. The van der Waals surface area contributed by atoms with Gasteiger partial charge in [-0.15, -0.1) is 0 Å². The minimum Gasteiger partial charge on any atom is -0.454 e. The molecule has 4 rings (SSSR count). The van der Waals surface area contributed by atoms with Gasteiger partial charge in [0.1, 0.15) is 0 Å². The lowest BCUT2D eigenvalue weighted by atomic mass is 9.84. The molecule has 1 saturated heterocycles. The summed E-state index contributed by atoms with van der Waals surface area (Å²) in [6, 6.07) is 6.15. The van der Waals surface area contributed by atoms with Crippen molar-refractivity contribution >= 4 is 11.8 Å². The van der Waals surface area contributed by atoms with Crippen LogP contribution in [0.4, 0.5) is 0 Å². The van der Waals surface area contributed by atoms with Crippen LogP contribution in [0.2, 0.25) is 0 Å². The molecule has 7 heteroatoms. The maximum atomic E-state index is 12.9. The number of piperidine rings is 1. The monoisotopic (exact) mass is 415 g/mol. The predicted molar refractivity (Wildman–Crippen MR) is 113 cm³/mol. The number of carbonyl (C=O) groups excluding carboxylic acids is 2. The molecule has 1 saturated carbocycles. The summed E-state index contributed by atoms with van der Waals surface area (Å²) in [5.41, 5.74) is 0.917. The Morgan fingerprint density at radius 2 is 1.77 bits per heavy atom. The Labute approximate surface area is 178 Å². The van der Waals surface area contributed by atoms with E-state index in [0.717, 1.165) is 62.9 Å². The van der Waals surface area contributed by atoms with Crippen LogP contribution < -0.4 is 14.8 Å². The van der Waals surface area contributed by atoms with Gasteiger partial charge in [-0.2, -0.15) is 0 Å². The minimum absolute atomic E-state index is 0.0204. The van der Waals surface area contributed by atoms with Crippen molar-refractivity contribution < 1.29 is 19.1 Å². The lowest BCUT2D eigenvalue weighted by molar-refractivity contribution is -0.138. The molecule has 1 aromatic rings. The number of hydrogen-bond donors (Lipinski definition) is 1. The minimum atomic E-state index is 0.0204. The number of ether oxygens (including phenoxy) is 2. The highest BCUT2D eigenvalue weighted by atomic mass is 16.7. The fourth-order valence-electron chi connectivity index (χ4n) is 4.85. The number of nitrogens with zero attached hydrogens (tertiary/aromatic N) is 2. The highest BCUT2D eigenvalue weighted by Crippen LogP contribution is 2.33. The summed E-state index contributed by atoms with van der Waals surface area (Å²) >= 11 is 0. The van der Waals surface area contributed by atoms with Gasteiger partial charge in [-0.1, -0.05) is 6.07 Å². The number of nitrogens with one attached hydrogen (secondary N) is 1. The first-order valence-electron chi connectivity index (χ1n) is 11.1. The molecule has 7 nitrogen and oxygen atoms in total. The summed E-state index contributed by atoms with van der Waals surface area (Å²) in [5.74, 6) is 1.83. The van der Waals surface area contributed by atoms with Crippen molar-refractivity contribution in [3.8, 4) is 11.5 Å². The fourth-order valence-corrected chi connectivity index (χ4v) is 4.85. The van der Waals surface area contributed by atoms with Gasteiger partial charge >= 0.3 is 0 Å². The van der Waals surface area contributed by atoms with Gasteiger partial charge in [-0.25, -0.2) is 0 Å². The first kappa shape index (κ1) is 21.0. The molecule has 164 valence electrons. The number of hydrogen-bond acceptors (Lipinski definition) is 5. The van der Waals surface area contributed by atoms with Gasteiger partial charge in [0.25, 0.3) is 0 Å². The fraction of sp³-hybridized carbons (Fsp3) is 0.652. The molecule has 2 heterocycles. The summed E-state index contributed by atoms with van der Waals surface area (Å²) in [5, 5.41) is 3.15. The molecule has 1 aromatic carbocycles. The van der Waals surface area contributed by atoms with Crippen molar-refractivity contribution in [3.05, 3.63) is 23.8 Å². The van der Waals surface area contributed by atoms with Crippen molar-refractivity contribution in [1.82, 2.24) is 15.1 Å². The van der Waals surface area contributed by atoms with Gasteiger partial charge in [0.2, 0.25) is 18.6 Å². The van der Waals surface area contributed by atoms with E-state index >= 15 is 0 Å². The van der Waals surface area contributed by atoms with Crippen LogP contribution in [0.3, 0.4) is 0 Å². The number of fused-ring (bicyclic) bond motifs is 1. The Morgan fingerprint density at radius 1 is 1.07 bits per heavy atom. The molecule has 3 aliphatic rings. The Morgan fingerprint density at radius 3 is 2.50 bits per heavy atom. The van der Waals surface area contributed by atoms with E-state index in [0.29, 0.717) is 18.2 Å². The second-order valence-corrected chi connectivity index (χ2v) is 8.96. The number of benzene rings is 1. The van der Waals surface area contributed by atoms with Gasteiger partial charge in [-0.3, -0.25) is 9.59 Å². The molecule has 0 unspecified atom stereocenters. The quantitative estimate of drug-likeness (QED) is 0.798. The molecule has 0 atom stereocenters. The second kappa shape index (κ2) is 9.25. The Bertz CT molecular complexity index is 768. The normalized spacial score (nSPS) is 24.5. The topological polar surface area (TPSA) is 71.1 Å². The van der Waals surface area contributed by atoms with E-state index < -0.39 is 0 Å². The maximum absolute atomic E-state index is 12.9. The van der Waals surface area contributed by atoms with Crippen LogP contribution in [-0.4, -0.2) is 67.7 Å². The van der Waals surface area contributed by atoms with Crippen LogP contribution in [-0.2, 0) is 16.0 Å². The van der Waals surface area contributed by atoms with Crippen LogP contribution in [0.1, 0.15) is 44.1 Å². The van der Waals surface area contributed by atoms with Crippen molar-refractivity contribution in [1.29, 1.82) is 0 Å². The lowest BCUT2D eigenvalue weighted by Gasteiger charge is -2.38. The van der Waals surface area contributed by atoms with Crippen LogP contribution >= 0.6 is 0 Å². The van der Waals surface area contributed by atoms with E-state index in [2.05, 4.69) is 17.3 Å². The van der Waals surface area contributed by atoms with Gasteiger partial charge in [0, 0.05) is 25.0 Å². The van der Waals surface area contributed by atoms with E-state index in [1.54, 1.807) is 0 Å². The first-order valence-corrected chi connectivity index (χ1v) is 11.1. The third kappa shape index (κ3) is 4.89. The van der Waals surface area contributed by atoms with Crippen LogP contribution in [0, 0.1) is 5.92 Å². The Balaban J connectivity index is 1.21. The van der Waals surface area contributed by atoms with Crippen molar-refractivity contribution in [2.75, 3.05) is 34.0 Å². The molecule has 0 radical (unpaired) electrons. The molecule has 1 aliphatic carbocycles. The highest BCUT2D eigenvalue weighted by Gasteiger charge is 2.32. The molecule has 0 bridgehead atoms. The summed E-state index contributed by atoms with van der Waals surface area (Å²) in [4.78, 5) is 29.7. The average Bonchev–Trinajstić information content (AvgIpc) is 3.21. The van der Waals surface area contributed by atoms with Gasteiger partial charge in [0.05, 0.1) is 6.42 Å². The van der Waals surface area contributed by atoms with E-state index in [4.69, 9.17) is 9.47 Å². The maximum Gasteiger partial charge on any atom is 0.231 e. The molecule has 0 spiro atoms. The zero-order chi connectivity index (χ0) is 21.1. The van der Waals surface area contributed by atoms with E-state index in [1.165, 1.54) is 0 Å². The van der Waals surface area contributed by atoms with Crippen molar-refractivity contribution in [2.24, 2.45) is 5.92 Å². The summed E-state index contributed by atoms with van der Waals surface area (Å²) in [6.45, 7) is 2.36. The SMILES string of the molecule is CN1CCC(N(C)C(=O)C2CCC(NC(=O)Cc3ccc4c(c3)OCO4)CC2)CC1. The first-order chi connectivity index (χ1) is 14.5. The highest BCUT2D eigenvalue weighted by molar-refractivity contribution is 5.80. The third-order valence-corrected chi connectivity index (χ3v) is 6.83. The van der Waals surface area contributed by atoms with Gasteiger partial charge in [-0.05, 0) is 76.4 Å². The Kier molecular flexibility index (Phi) is 6.46. The summed E-state index contributed by atoms with van der Waals surface area (Å²) < 4.78 is 10.7. The molecular weight excluding hydrogens is 382 g/mol. The second-order valence-electron chi connectivity index (χ2n) is 8.96. The third-order valence-electron chi connectivity index (χ3n) is 6.83. The standard InChI is InChI=1S/C23H33N3O4/c1-25-11-9-19(10-12-25)26(2)23(28)17-4-6-18(7-5-17)24-22(27)14-16-3-8-20-21(13-16)30-15-29-20/h3,8,13,17-19H,4-7,9-12,14-15H2,1-2H3,(H,24,27). The number of amides is 2. The van der Waals surface area contributed by atoms with Crippen molar-refractivity contribution in [3.63, 3.8) is 0 Å². The number of likely N-dealkylation sites (tertiary alicyclic amines) is 1. The summed E-state index contributed by atoms with van der Waals surface area (Å²) in [6.07, 6.45) is 5.88. The molecule has 30 heavy (non-hydrogen) atoms. The summed E-state index contributed by atoms with van der Waals surface area (Å²) in [7, 11) is 4.11. The largest absolute Gasteiger partial charge is 0.454 e. The zero-order valence-corrected chi connectivity index (χ0v) is 18.1. The van der Waals surface area contributed by atoms with E-state index in [9.17, 15) is 9.59 Å². The van der Waals surface area contributed by atoms with Crippen LogP contribution in [0.5, 0.6) is 11.5 Å². The van der Waals surface area contributed by atoms with E-state index in [1.807, 2.05) is 30.1 Å². The molecule has 1 N–H and O–H groups in total. The van der Waals surface area contributed by atoms with E-state index in [-0.39, 0.29) is 30.6 Å². The molecule has 2 aliphatic heterocycles. The number of rotatable bonds is 5. The Hall–Kier alpha value is -2.28. The predicted octanol–water partition coefficient (Wildman–Crippen LogP) is 2.19. The van der Waals surface area contributed by atoms with Gasteiger partial charge in [0.15, 0.2) is 11.5 Å². The molecule has 0 aromatic heterocycles. The van der Waals surface area contributed by atoms with Crippen LogP contribution in [0.15, 0.2) is 18.2 Å². The van der Waals surface area contributed by atoms with Crippen molar-refractivity contribution in [2.45, 2.75) is 57.0 Å². The molecular formula is C23H33N3O4. The van der Waals surface area contributed by atoms with Crippen LogP contribution in [0.25, 0.3) is 0 Å². The molecule has 2 fully saturated rings. The number of carbonyl (C=O) groups is 2. The average molecular weight is 416 g/mol.